The van der Waals surface area contributed by atoms with Crippen LogP contribution in [-0.2, 0) is 32.7 Å². The number of hydrogen-bond acceptors (Lipinski definition) is 8. The van der Waals surface area contributed by atoms with Crippen LogP contribution in [0.2, 0.25) is 0 Å². The number of carboxylic acids is 1. The van der Waals surface area contributed by atoms with Crippen LogP contribution in [0.4, 0.5) is 0 Å². The number of phosphoric ester groups is 1. The number of hydrogen-bond donors (Lipinski definition) is 4. The molecule has 402 valence electrons. The maximum atomic E-state index is 12.4. The lowest BCUT2D eigenvalue weighted by atomic mass is 10.0. The highest BCUT2D eigenvalue weighted by molar-refractivity contribution is 7.47. The fourth-order valence-corrected chi connectivity index (χ4v) is 9.38. The van der Waals surface area contributed by atoms with Crippen LogP contribution < -0.4 is 5.32 Å². The van der Waals surface area contributed by atoms with E-state index in [0.717, 1.165) is 38.5 Å². The average molecular weight is 986 g/mol. The lowest BCUT2D eigenvalue weighted by molar-refractivity contribution is -0.147. The lowest BCUT2D eigenvalue weighted by Gasteiger charge is -2.18. The predicted molar refractivity (Wildman–Crippen MR) is 282 cm³/mol. The first-order valence-corrected chi connectivity index (χ1v) is 30.2. The van der Waals surface area contributed by atoms with Crippen molar-refractivity contribution in [1.29, 1.82) is 0 Å². The van der Waals surface area contributed by atoms with E-state index in [1.807, 2.05) is 0 Å². The zero-order chi connectivity index (χ0) is 49.9. The number of aliphatic carboxylic acids is 1. The number of esters is 1. The molecule has 11 nitrogen and oxygen atoms in total. The Labute approximate surface area is 417 Å². The third kappa shape index (κ3) is 50.6. The first kappa shape index (κ1) is 66.2. The quantitative estimate of drug-likeness (QED) is 0.0199. The number of amides is 1. The van der Waals surface area contributed by atoms with Gasteiger partial charge in [-0.25, -0.2) is 9.36 Å². The topological polar surface area (TPSA) is 169 Å². The average Bonchev–Trinajstić information content (AvgIpc) is 3.32. The molecule has 0 rings (SSSR count). The van der Waals surface area contributed by atoms with Crippen LogP contribution in [0.25, 0.3) is 0 Å². The molecule has 3 unspecified atom stereocenters. The molecule has 0 bridgehead atoms. The maximum Gasteiger partial charge on any atom is 0.472 e. The molecular weight excluding hydrogens is 878 g/mol. The summed E-state index contributed by atoms with van der Waals surface area (Å²) in [6, 6.07) is -1.54. The number of aliphatic hydroxyl groups excluding tert-OH is 1. The largest absolute Gasteiger partial charge is 0.480 e. The third-order valence-corrected chi connectivity index (χ3v) is 14.0. The second-order valence-corrected chi connectivity index (χ2v) is 21.3. The molecule has 12 heteroatoms. The Morgan fingerprint density at radius 1 is 0.456 bits per heavy atom. The second kappa shape index (κ2) is 51.6. The molecule has 0 spiro atoms. The predicted octanol–water partition coefficient (Wildman–Crippen LogP) is 16.4. The van der Waals surface area contributed by atoms with Gasteiger partial charge in [-0.2, -0.15) is 0 Å². The Kier molecular flexibility index (Phi) is 50.2. The van der Waals surface area contributed by atoms with Gasteiger partial charge in [-0.3, -0.25) is 18.6 Å². The maximum absolute atomic E-state index is 12.4. The number of unbranched alkanes of at least 4 members (excludes halogenated alkanes) is 39. The Hall–Kier alpha value is -1.78. The van der Waals surface area contributed by atoms with Crippen LogP contribution in [0.3, 0.4) is 0 Å². The molecule has 0 saturated carbocycles. The van der Waals surface area contributed by atoms with Gasteiger partial charge in [0.1, 0.15) is 12.7 Å². The number of phosphoric acid groups is 1. The van der Waals surface area contributed by atoms with Gasteiger partial charge in [0.2, 0.25) is 5.91 Å². The summed E-state index contributed by atoms with van der Waals surface area (Å²) in [5.41, 5.74) is 0. The van der Waals surface area contributed by atoms with E-state index in [1.54, 1.807) is 0 Å². The minimum absolute atomic E-state index is 0.149. The van der Waals surface area contributed by atoms with E-state index >= 15 is 0 Å². The van der Waals surface area contributed by atoms with E-state index in [1.165, 1.54) is 218 Å². The highest BCUT2D eigenvalue weighted by atomic mass is 31.2. The van der Waals surface area contributed by atoms with Crippen LogP contribution in [0.1, 0.15) is 296 Å². The molecule has 0 saturated heterocycles. The van der Waals surface area contributed by atoms with E-state index in [2.05, 4.69) is 31.3 Å². The summed E-state index contributed by atoms with van der Waals surface area (Å²) in [6.45, 7) is 2.66. The number of aliphatic hydroxyl groups is 1. The van der Waals surface area contributed by atoms with Gasteiger partial charge >= 0.3 is 19.8 Å². The molecule has 4 N–H and O–H groups in total. The highest BCUT2D eigenvalue weighted by Crippen LogP contribution is 2.43. The molecule has 0 aromatic carbocycles. The summed E-state index contributed by atoms with van der Waals surface area (Å²) in [6.07, 6.45) is 56.7. The van der Waals surface area contributed by atoms with Crippen LogP contribution in [0.15, 0.2) is 12.2 Å². The van der Waals surface area contributed by atoms with Gasteiger partial charge in [0, 0.05) is 12.8 Å². The second-order valence-electron chi connectivity index (χ2n) is 19.8. The summed E-state index contributed by atoms with van der Waals surface area (Å²) in [4.78, 5) is 46.2. The van der Waals surface area contributed by atoms with Crippen LogP contribution in [-0.4, -0.2) is 64.9 Å². The molecule has 0 aliphatic rings. The molecule has 0 heterocycles. The summed E-state index contributed by atoms with van der Waals surface area (Å²) in [7, 11) is -4.76. The zero-order valence-corrected chi connectivity index (χ0v) is 45.1. The number of ether oxygens (including phenoxy) is 1. The van der Waals surface area contributed by atoms with Crippen LogP contribution >= 0.6 is 7.82 Å². The molecule has 0 aromatic heterocycles. The van der Waals surface area contributed by atoms with Gasteiger partial charge in [0.25, 0.3) is 0 Å². The minimum atomic E-state index is -4.76. The monoisotopic (exact) mass is 986 g/mol. The van der Waals surface area contributed by atoms with Crippen molar-refractivity contribution in [3.63, 3.8) is 0 Å². The summed E-state index contributed by atoms with van der Waals surface area (Å²) in [5.74, 6) is -2.35. The van der Waals surface area contributed by atoms with E-state index in [0.29, 0.717) is 12.8 Å². The van der Waals surface area contributed by atoms with Crippen molar-refractivity contribution in [3.8, 4) is 0 Å². The smallest absolute Gasteiger partial charge is 0.472 e. The zero-order valence-electron chi connectivity index (χ0n) is 44.2. The Bertz CT molecular complexity index is 1200. The van der Waals surface area contributed by atoms with E-state index in [4.69, 9.17) is 13.8 Å². The lowest BCUT2D eigenvalue weighted by Crippen LogP contribution is -2.43. The van der Waals surface area contributed by atoms with Crippen molar-refractivity contribution in [2.45, 2.75) is 309 Å². The van der Waals surface area contributed by atoms with Gasteiger partial charge in [0.05, 0.1) is 13.2 Å². The van der Waals surface area contributed by atoms with Crippen molar-refractivity contribution in [1.82, 2.24) is 5.32 Å². The molecule has 68 heavy (non-hydrogen) atoms. The minimum Gasteiger partial charge on any atom is -0.480 e. The summed E-state index contributed by atoms with van der Waals surface area (Å²) < 4.78 is 27.0. The van der Waals surface area contributed by atoms with Gasteiger partial charge < -0.3 is 25.2 Å². The fraction of sp³-hybridized carbons (Fsp3) is 0.911. The number of carbonyl (C=O) groups is 3. The van der Waals surface area contributed by atoms with Crippen molar-refractivity contribution in [3.05, 3.63) is 12.2 Å². The van der Waals surface area contributed by atoms with Crippen molar-refractivity contribution >= 4 is 25.7 Å². The molecule has 3 atom stereocenters. The van der Waals surface area contributed by atoms with Crippen molar-refractivity contribution < 1.29 is 47.8 Å². The molecule has 0 aliphatic carbocycles. The van der Waals surface area contributed by atoms with Gasteiger partial charge in [0.15, 0.2) is 6.04 Å². The van der Waals surface area contributed by atoms with E-state index in [9.17, 15) is 34.1 Å². The number of carboxylic acid groups (broad SMARTS) is 1. The normalized spacial score (nSPS) is 13.5. The van der Waals surface area contributed by atoms with Crippen LogP contribution in [0.5, 0.6) is 0 Å². The number of rotatable bonds is 55. The van der Waals surface area contributed by atoms with Crippen LogP contribution in [0, 0.1) is 0 Å². The molecule has 0 radical (unpaired) electrons. The molecule has 1 amide bonds. The van der Waals surface area contributed by atoms with E-state index < -0.39 is 57.6 Å². The SMILES string of the molecule is CCCCCCCC/C=C/CCCCCCCCCCCCCC(=O)NC(COP(=O)(O)OCC(O)COC(=O)CCCCCCCCCCCCCCCCCCCCCCCCC)C(=O)O. The Morgan fingerprint density at radius 3 is 1.12 bits per heavy atom. The molecule has 0 fully saturated rings. The Morgan fingerprint density at radius 2 is 0.765 bits per heavy atom. The number of nitrogens with one attached hydrogen (secondary N) is 1. The summed E-state index contributed by atoms with van der Waals surface area (Å²) in [5, 5.41) is 22.0. The third-order valence-electron chi connectivity index (χ3n) is 13.1. The molecular formula is C56H108NO10P. The summed E-state index contributed by atoms with van der Waals surface area (Å²) >= 11 is 0. The first-order valence-electron chi connectivity index (χ1n) is 28.7. The molecule has 0 aliphatic heterocycles. The van der Waals surface area contributed by atoms with Gasteiger partial charge in [-0.05, 0) is 38.5 Å². The fourth-order valence-electron chi connectivity index (χ4n) is 8.61. The number of allylic oxidation sites excluding steroid dienone is 2. The van der Waals surface area contributed by atoms with Crippen molar-refractivity contribution in [2.24, 2.45) is 0 Å². The van der Waals surface area contributed by atoms with Crippen molar-refractivity contribution in [2.75, 3.05) is 19.8 Å². The molecule has 0 aromatic rings. The Balaban J connectivity index is 3.73. The standard InChI is InChI=1S/C56H108NO10P/c1-3-5-7-9-11-13-15-17-19-21-23-25-26-28-30-32-34-36-38-40-42-44-46-48-55(60)65-49-52(58)50-66-68(63,64)67-51-53(56(61)62)57-54(59)47-45-43-41-39-37-35-33-31-29-27-24-22-20-18-16-14-12-10-8-6-4-2/h18,20,52-53,58H,3-17,19,21-51H2,1-2H3,(H,57,59)(H,61,62)(H,63,64)/b20-18+. The van der Waals surface area contributed by atoms with E-state index in [-0.39, 0.29) is 12.8 Å². The first-order chi connectivity index (χ1) is 33.1. The number of carbonyl (C=O) groups excluding carboxylic acids is 2. The van der Waals surface area contributed by atoms with Gasteiger partial charge in [-0.15, -0.1) is 0 Å². The highest BCUT2D eigenvalue weighted by Gasteiger charge is 2.28. The van der Waals surface area contributed by atoms with Gasteiger partial charge in [-0.1, -0.05) is 257 Å².